The maximum Gasteiger partial charge on any atom is 0.254 e. The van der Waals surface area contributed by atoms with Crippen molar-refractivity contribution in [3.8, 4) is 6.07 Å². The molecule has 0 bridgehead atoms. The average molecular weight is 309 g/mol. The molecule has 23 heavy (non-hydrogen) atoms. The van der Waals surface area contributed by atoms with Gasteiger partial charge in [-0.2, -0.15) is 5.26 Å². The topological polar surface area (TPSA) is 91.1 Å². The van der Waals surface area contributed by atoms with Crippen molar-refractivity contribution in [2.75, 3.05) is 31.6 Å². The highest BCUT2D eigenvalue weighted by atomic mass is 16.5. The summed E-state index contributed by atoms with van der Waals surface area (Å²) in [6.07, 6.45) is 2.90. The summed E-state index contributed by atoms with van der Waals surface area (Å²) >= 11 is 0. The van der Waals surface area contributed by atoms with Crippen molar-refractivity contribution in [3.05, 3.63) is 47.8 Å². The molecule has 0 atom stereocenters. The van der Waals surface area contributed by atoms with Gasteiger partial charge in [0.1, 0.15) is 6.07 Å². The molecule has 1 saturated heterocycles. The van der Waals surface area contributed by atoms with E-state index >= 15 is 0 Å². The van der Waals surface area contributed by atoms with E-state index in [9.17, 15) is 4.79 Å². The Kier molecular flexibility index (Phi) is 4.45. The first-order valence-electron chi connectivity index (χ1n) is 7.22. The zero-order valence-corrected chi connectivity index (χ0v) is 12.4. The molecule has 1 aliphatic heterocycles. The van der Waals surface area contributed by atoms with Crippen LogP contribution >= 0.6 is 0 Å². The maximum atomic E-state index is 12.3. The molecule has 1 N–H and O–H groups in total. The summed E-state index contributed by atoms with van der Waals surface area (Å²) in [6, 6.07) is 9.10. The van der Waals surface area contributed by atoms with Gasteiger partial charge >= 0.3 is 0 Å². The molecule has 2 aromatic rings. The molecule has 0 saturated carbocycles. The predicted molar refractivity (Wildman–Crippen MR) is 83.2 cm³/mol. The van der Waals surface area contributed by atoms with Gasteiger partial charge < -0.3 is 15.0 Å². The standard InChI is InChI=1S/C16H15N5O2/c17-9-12-10-18-16(19-11-12)20-14-3-1-13(2-4-14)15(22)21-5-7-23-8-6-21/h1-4,10-11H,5-8H2,(H,18,19,20). The molecule has 0 radical (unpaired) electrons. The molecule has 7 heteroatoms. The average Bonchev–Trinajstić information content (AvgIpc) is 2.63. The van der Waals surface area contributed by atoms with Crippen LogP contribution in [-0.4, -0.2) is 47.1 Å². The molecule has 1 fully saturated rings. The minimum absolute atomic E-state index is 0.00877. The van der Waals surface area contributed by atoms with Gasteiger partial charge in [-0.25, -0.2) is 9.97 Å². The van der Waals surface area contributed by atoms with Crippen molar-refractivity contribution in [1.82, 2.24) is 14.9 Å². The largest absolute Gasteiger partial charge is 0.378 e. The van der Waals surface area contributed by atoms with Gasteiger partial charge in [0.25, 0.3) is 5.91 Å². The lowest BCUT2D eigenvalue weighted by atomic mass is 10.1. The molecule has 1 aliphatic rings. The fourth-order valence-corrected chi connectivity index (χ4v) is 2.22. The van der Waals surface area contributed by atoms with Crippen LogP contribution in [0.1, 0.15) is 15.9 Å². The second-order valence-electron chi connectivity index (χ2n) is 5.01. The second-order valence-corrected chi connectivity index (χ2v) is 5.01. The van der Waals surface area contributed by atoms with Crippen molar-refractivity contribution in [1.29, 1.82) is 5.26 Å². The highest BCUT2D eigenvalue weighted by molar-refractivity contribution is 5.94. The Hall–Kier alpha value is -2.98. The van der Waals surface area contributed by atoms with Crippen LogP contribution in [0.15, 0.2) is 36.7 Å². The van der Waals surface area contributed by atoms with Crippen molar-refractivity contribution in [3.63, 3.8) is 0 Å². The molecular formula is C16H15N5O2. The normalized spacial score (nSPS) is 14.1. The second kappa shape index (κ2) is 6.85. The number of amides is 1. The van der Waals surface area contributed by atoms with Crippen LogP contribution in [0.4, 0.5) is 11.6 Å². The van der Waals surface area contributed by atoms with Crippen molar-refractivity contribution in [2.45, 2.75) is 0 Å². The Labute approximate surface area is 133 Å². The molecule has 0 aliphatic carbocycles. The van der Waals surface area contributed by atoms with Crippen LogP contribution in [0.5, 0.6) is 0 Å². The van der Waals surface area contributed by atoms with Crippen LogP contribution in [0.3, 0.4) is 0 Å². The lowest BCUT2D eigenvalue weighted by Crippen LogP contribution is -2.40. The number of anilines is 2. The van der Waals surface area contributed by atoms with Crippen molar-refractivity contribution < 1.29 is 9.53 Å². The van der Waals surface area contributed by atoms with E-state index in [0.29, 0.717) is 43.4 Å². The lowest BCUT2D eigenvalue weighted by Gasteiger charge is -2.26. The van der Waals surface area contributed by atoms with Crippen LogP contribution in [0, 0.1) is 11.3 Å². The summed E-state index contributed by atoms with van der Waals surface area (Å²) in [6.45, 7) is 2.42. The monoisotopic (exact) mass is 309 g/mol. The van der Waals surface area contributed by atoms with Crippen molar-refractivity contribution >= 4 is 17.5 Å². The molecule has 3 rings (SSSR count). The number of morpholine rings is 1. The number of hydrogen-bond donors (Lipinski definition) is 1. The Balaban J connectivity index is 1.66. The van der Waals surface area contributed by atoms with Gasteiger partial charge in [-0.1, -0.05) is 0 Å². The first-order chi connectivity index (χ1) is 11.3. The van der Waals surface area contributed by atoms with Crippen LogP contribution in [-0.2, 0) is 4.74 Å². The first kappa shape index (κ1) is 14.9. The summed E-state index contributed by atoms with van der Waals surface area (Å²) in [5, 5.41) is 11.7. The number of nitriles is 1. The molecule has 0 spiro atoms. The van der Waals surface area contributed by atoms with Gasteiger partial charge in [-0.05, 0) is 24.3 Å². The Morgan fingerprint density at radius 3 is 2.43 bits per heavy atom. The Morgan fingerprint density at radius 2 is 1.83 bits per heavy atom. The van der Waals surface area contributed by atoms with E-state index < -0.39 is 0 Å². The number of carbonyl (C=O) groups is 1. The summed E-state index contributed by atoms with van der Waals surface area (Å²) in [5.74, 6) is 0.408. The molecule has 2 heterocycles. The number of aromatic nitrogens is 2. The number of hydrogen-bond acceptors (Lipinski definition) is 6. The Morgan fingerprint density at radius 1 is 1.17 bits per heavy atom. The van der Waals surface area contributed by atoms with Gasteiger partial charge in [0.2, 0.25) is 5.95 Å². The molecule has 1 amide bonds. The molecule has 1 aromatic carbocycles. The summed E-state index contributed by atoms with van der Waals surface area (Å²) in [5.41, 5.74) is 1.81. The number of nitrogens with zero attached hydrogens (tertiary/aromatic N) is 4. The fraction of sp³-hybridized carbons (Fsp3) is 0.250. The van der Waals surface area contributed by atoms with Gasteiger partial charge in [-0.15, -0.1) is 0 Å². The number of ether oxygens (including phenoxy) is 1. The van der Waals surface area contributed by atoms with E-state index in [2.05, 4.69) is 15.3 Å². The third-order valence-corrected chi connectivity index (χ3v) is 3.47. The zero-order valence-electron chi connectivity index (χ0n) is 12.4. The first-order valence-corrected chi connectivity index (χ1v) is 7.22. The molecular weight excluding hydrogens is 294 g/mol. The van der Waals surface area contributed by atoms with Gasteiger partial charge in [-0.3, -0.25) is 4.79 Å². The highest BCUT2D eigenvalue weighted by Gasteiger charge is 2.18. The van der Waals surface area contributed by atoms with Crippen molar-refractivity contribution in [2.24, 2.45) is 0 Å². The lowest BCUT2D eigenvalue weighted by molar-refractivity contribution is 0.0303. The minimum Gasteiger partial charge on any atom is -0.378 e. The van der Waals surface area contributed by atoms with E-state index in [1.165, 1.54) is 12.4 Å². The van der Waals surface area contributed by atoms with E-state index in [0.717, 1.165) is 5.69 Å². The minimum atomic E-state index is 0.00877. The van der Waals surface area contributed by atoms with E-state index in [-0.39, 0.29) is 5.91 Å². The summed E-state index contributed by atoms with van der Waals surface area (Å²) in [4.78, 5) is 22.2. The SMILES string of the molecule is N#Cc1cnc(Nc2ccc(C(=O)N3CCOCC3)cc2)nc1. The summed E-state index contributed by atoms with van der Waals surface area (Å²) < 4.78 is 5.25. The quantitative estimate of drug-likeness (QED) is 0.925. The molecule has 0 unspecified atom stereocenters. The van der Waals surface area contributed by atoms with E-state index in [1.807, 2.05) is 6.07 Å². The van der Waals surface area contributed by atoms with Gasteiger partial charge in [0.05, 0.1) is 31.2 Å². The Bertz CT molecular complexity index is 716. The van der Waals surface area contributed by atoms with Gasteiger partial charge in [0, 0.05) is 24.3 Å². The maximum absolute atomic E-state index is 12.3. The van der Waals surface area contributed by atoms with Crippen LogP contribution in [0.25, 0.3) is 0 Å². The predicted octanol–water partition coefficient (Wildman–Crippen LogP) is 1.56. The third kappa shape index (κ3) is 3.62. The number of benzene rings is 1. The number of nitrogens with one attached hydrogen (secondary N) is 1. The van der Waals surface area contributed by atoms with E-state index in [1.54, 1.807) is 29.2 Å². The summed E-state index contributed by atoms with van der Waals surface area (Å²) in [7, 11) is 0. The van der Waals surface area contributed by atoms with Gasteiger partial charge in [0.15, 0.2) is 0 Å². The number of rotatable bonds is 3. The van der Waals surface area contributed by atoms with Crippen LogP contribution < -0.4 is 5.32 Å². The zero-order chi connectivity index (χ0) is 16.1. The number of carbonyl (C=O) groups excluding carboxylic acids is 1. The molecule has 7 nitrogen and oxygen atoms in total. The highest BCUT2D eigenvalue weighted by Crippen LogP contribution is 2.15. The molecule has 116 valence electrons. The van der Waals surface area contributed by atoms with E-state index in [4.69, 9.17) is 10.00 Å². The van der Waals surface area contributed by atoms with Crippen LogP contribution in [0.2, 0.25) is 0 Å². The smallest absolute Gasteiger partial charge is 0.254 e. The fourth-order valence-electron chi connectivity index (χ4n) is 2.22. The third-order valence-electron chi connectivity index (χ3n) is 3.47. The molecule has 1 aromatic heterocycles.